The fraction of sp³-hybridized carbons (Fsp3) is 0.407. The Morgan fingerprint density at radius 2 is 1.72 bits per heavy atom. The number of benzene rings is 2. The summed E-state index contributed by atoms with van der Waals surface area (Å²) in [6, 6.07) is 12.2. The van der Waals surface area contributed by atoms with Crippen LogP contribution in [0.15, 0.2) is 47.3 Å². The molecule has 2 fully saturated rings. The van der Waals surface area contributed by atoms with E-state index in [1.54, 1.807) is 35.4 Å². The van der Waals surface area contributed by atoms with E-state index in [1.165, 1.54) is 4.90 Å². The van der Waals surface area contributed by atoms with Crippen LogP contribution >= 0.6 is 0 Å². The first kappa shape index (κ1) is 23.8. The smallest absolute Gasteiger partial charge is 0.329 e. The molecule has 0 spiro atoms. The first-order chi connectivity index (χ1) is 17.4. The zero-order valence-corrected chi connectivity index (χ0v) is 20.6. The number of methoxy groups -OCH3 is 1. The summed E-state index contributed by atoms with van der Waals surface area (Å²) in [7, 11) is 3.30. The summed E-state index contributed by atoms with van der Waals surface area (Å²) in [5.74, 6) is 0.164. The van der Waals surface area contributed by atoms with E-state index < -0.39 is 6.04 Å². The van der Waals surface area contributed by atoms with E-state index in [1.807, 2.05) is 30.3 Å². The number of anilines is 1. The van der Waals surface area contributed by atoms with Crippen molar-refractivity contribution in [3.05, 3.63) is 58.5 Å². The van der Waals surface area contributed by atoms with Gasteiger partial charge in [0, 0.05) is 32.5 Å². The number of fused-ring (bicyclic) bond motifs is 1. The minimum Gasteiger partial charge on any atom is -0.497 e. The van der Waals surface area contributed by atoms with E-state index >= 15 is 0 Å². The monoisotopic (exact) mass is 490 g/mol. The zero-order chi connectivity index (χ0) is 25.4. The van der Waals surface area contributed by atoms with Crippen LogP contribution in [0.4, 0.5) is 5.69 Å². The predicted molar refractivity (Wildman–Crippen MR) is 135 cm³/mol. The average Bonchev–Trinajstić information content (AvgIpc) is 3.17. The molecule has 188 valence electrons. The fourth-order valence-electron chi connectivity index (χ4n) is 5.39. The molecule has 0 N–H and O–H groups in total. The van der Waals surface area contributed by atoms with Crippen molar-refractivity contribution in [3.63, 3.8) is 0 Å². The van der Waals surface area contributed by atoms with E-state index in [-0.39, 0.29) is 42.8 Å². The Kier molecular flexibility index (Phi) is 6.38. The molecule has 0 bridgehead atoms. The number of likely N-dealkylation sites (tertiary alicyclic amines) is 1. The van der Waals surface area contributed by atoms with Crippen molar-refractivity contribution in [2.24, 2.45) is 13.0 Å². The van der Waals surface area contributed by atoms with E-state index in [0.717, 1.165) is 49.0 Å². The maximum absolute atomic E-state index is 13.6. The lowest BCUT2D eigenvalue weighted by molar-refractivity contribution is -0.151. The molecule has 0 radical (unpaired) electrons. The van der Waals surface area contributed by atoms with E-state index in [4.69, 9.17) is 4.74 Å². The Balaban J connectivity index is 1.49. The highest BCUT2D eigenvalue weighted by atomic mass is 16.5. The number of rotatable bonds is 6. The minimum absolute atomic E-state index is 0.0722. The molecule has 3 heterocycles. The Labute approximate surface area is 208 Å². The molecule has 1 atom stereocenters. The predicted octanol–water partition coefficient (Wildman–Crippen LogP) is 2.65. The number of piperidine rings is 2. The van der Waals surface area contributed by atoms with Crippen molar-refractivity contribution in [3.8, 4) is 5.75 Å². The third-order valence-electron chi connectivity index (χ3n) is 7.45. The first-order valence-corrected chi connectivity index (χ1v) is 12.3. The van der Waals surface area contributed by atoms with Crippen molar-refractivity contribution < 1.29 is 19.1 Å². The standard InChI is InChI=1S/C27H30N4O5/c1-28-25-21(29-14-12-19(17-32)13-15-29)4-3-5-22(25)31(27(28)35)23-10-11-24(33)30(26(23)34)16-18-6-8-20(36-2)9-7-18/h3-9,17,19,23H,10-16H2,1-2H3. The molecule has 1 aromatic heterocycles. The zero-order valence-electron chi connectivity index (χ0n) is 20.6. The Bertz CT molecular complexity index is 1370. The highest BCUT2D eigenvalue weighted by Gasteiger charge is 2.37. The third kappa shape index (κ3) is 4.08. The largest absolute Gasteiger partial charge is 0.497 e. The van der Waals surface area contributed by atoms with E-state index in [9.17, 15) is 19.2 Å². The molecule has 0 aliphatic carbocycles. The highest BCUT2D eigenvalue weighted by molar-refractivity contribution is 6.00. The van der Waals surface area contributed by atoms with Gasteiger partial charge in [0.1, 0.15) is 18.1 Å². The van der Waals surface area contributed by atoms with Gasteiger partial charge in [-0.2, -0.15) is 0 Å². The summed E-state index contributed by atoms with van der Waals surface area (Å²) in [5.41, 5.74) is 2.89. The van der Waals surface area contributed by atoms with Crippen LogP contribution in [0.5, 0.6) is 5.75 Å². The molecule has 36 heavy (non-hydrogen) atoms. The van der Waals surface area contributed by atoms with Crippen LogP contribution in [-0.2, 0) is 28.0 Å². The average molecular weight is 491 g/mol. The summed E-state index contributed by atoms with van der Waals surface area (Å²) >= 11 is 0. The van der Waals surface area contributed by atoms with Crippen LogP contribution in [0.3, 0.4) is 0 Å². The summed E-state index contributed by atoms with van der Waals surface area (Å²) in [6.45, 7) is 1.61. The number of carbonyl (C=O) groups excluding carboxylic acids is 3. The van der Waals surface area contributed by atoms with Gasteiger partial charge in [0.2, 0.25) is 5.91 Å². The van der Waals surface area contributed by atoms with Crippen LogP contribution in [-0.4, -0.2) is 52.3 Å². The van der Waals surface area contributed by atoms with Crippen LogP contribution < -0.4 is 15.3 Å². The summed E-state index contributed by atoms with van der Waals surface area (Å²) < 4.78 is 8.33. The Morgan fingerprint density at radius 3 is 2.39 bits per heavy atom. The lowest BCUT2D eigenvalue weighted by Crippen LogP contribution is -2.47. The molecular weight excluding hydrogens is 460 g/mol. The van der Waals surface area contributed by atoms with Crippen LogP contribution in [0.1, 0.15) is 37.3 Å². The molecule has 2 amide bonds. The minimum atomic E-state index is -0.756. The molecular formula is C27H30N4O5. The maximum Gasteiger partial charge on any atom is 0.329 e. The molecule has 0 saturated carbocycles. The molecule has 2 saturated heterocycles. The Hall–Kier alpha value is -3.88. The van der Waals surface area contributed by atoms with Crippen molar-refractivity contribution in [1.82, 2.24) is 14.0 Å². The first-order valence-electron chi connectivity index (χ1n) is 12.3. The van der Waals surface area contributed by atoms with E-state index in [0.29, 0.717) is 11.3 Å². The second kappa shape index (κ2) is 9.64. The fourth-order valence-corrected chi connectivity index (χ4v) is 5.39. The lowest BCUT2D eigenvalue weighted by Gasteiger charge is -2.32. The normalized spacial score (nSPS) is 19.2. The molecule has 2 aromatic carbocycles. The number of hydrogen-bond acceptors (Lipinski definition) is 6. The third-order valence-corrected chi connectivity index (χ3v) is 7.45. The van der Waals surface area contributed by atoms with Gasteiger partial charge in [-0.05, 0) is 49.1 Å². The SMILES string of the molecule is COc1ccc(CN2C(=O)CCC(n3c(=O)n(C)c4c(N5CCC(C=O)CC5)cccc43)C2=O)cc1. The number of amides is 2. The summed E-state index contributed by atoms with van der Waals surface area (Å²) in [6.07, 6.45) is 3.05. The number of hydrogen-bond donors (Lipinski definition) is 0. The van der Waals surface area contributed by atoms with Crippen LogP contribution in [0.25, 0.3) is 11.0 Å². The van der Waals surface area contributed by atoms with Gasteiger partial charge in [-0.3, -0.25) is 23.6 Å². The second-order valence-corrected chi connectivity index (χ2v) is 9.54. The molecule has 3 aromatic rings. The highest BCUT2D eigenvalue weighted by Crippen LogP contribution is 2.33. The summed E-state index contributed by atoms with van der Waals surface area (Å²) in [4.78, 5) is 54.4. The molecule has 1 unspecified atom stereocenters. The maximum atomic E-state index is 13.6. The van der Waals surface area contributed by atoms with Gasteiger partial charge in [-0.25, -0.2) is 4.79 Å². The number of aromatic nitrogens is 2. The van der Waals surface area contributed by atoms with Crippen LogP contribution in [0.2, 0.25) is 0 Å². The van der Waals surface area contributed by atoms with Crippen molar-refractivity contribution in [1.29, 1.82) is 0 Å². The number of aldehydes is 1. The van der Waals surface area contributed by atoms with E-state index in [2.05, 4.69) is 4.90 Å². The van der Waals surface area contributed by atoms with Crippen LogP contribution in [0, 0.1) is 5.92 Å². The number of ether oxygens (including phenoxy) is 1. The van der Waals surface area contributed by atoms with Gasteiger partial charge in [0.15, 0.2) is 0 Å². The molecule has 9 heteroatoms. The number of nitrogens with zero attached hydrogens (tertiary/aromatic N) is 4. The molecule has 2 aliphatic rings. The second-order valence-electron chi connectivity index (χ2n) is 9.54. The van der Waals surface area contributed by atoms with Crippen molar-refractivity contribution in [2.45, 2.75) is 38.3 Å². The van der Waals surface area contributed by atoms with Gasteiger partial charge in [0.05, 0.1) is 30.4 Å². The lowest BCUT2D eigenvalue weighted by atomic mass is 9.98. The molecule has 2 aliphatic heterocycles. The van der Waals surface area contributed by atoms with Gasteiger partial charge in [0.25, 0.3) is 5.91 Å². The van der Waals surface area contributed by atoms with Gasteiger partial charge in [-0.15, -0.1) is 0 Å². The number of para-hydroxylation sites is 1. The Morgan fingerprint density at radius 1 is 1.00 bits per heavy atom. The quantitative estimate of drug-likeness (QED) is 0.390. The summed E-state index contributed by atoms with van der Waals surface area (Å²) in [5, 5.41) is 0. The molecule has 9 nitrogen and oxygen atoms in total. The number of aryl methyl sites for hydroxylation is 1. The number of carbonyl (C=O) groups is 3. The number of imidazole rings is 1. The van der Waals surface area contributed by atoms with Gasteiger partial charge < -0.3 is 14.4 Å². The van der Waals surface area contributed by atoms with Gasteiger partial charge >= 0.3 is 5.69 Å². The van der Waals surface area contributed by atoms with Crippen molar-refractivity contribution in [2.75, 3.05) is 25.1 Å². The molecule has 5 rings (SSSR count). The number of imide groups is 1. The van der Waals surface area contributed by atoms with Crippen molar-refractivity contribution >= 4 is 34.8 Å². The topological polar surface area (TPSA) is 93.8 Å². The van der Waals surface area contributed by atoms with Gasteiger partial charge in [-0.1, -0.05) is 18.2 Å².